The molecule has 0 aromatic heterocycles. The van der Waals surface area contributed by atoms with Crippen molar-refractivity contribution in [1.82, 2.24) is 4.90 Å². The Morgan fingerprint density at radius 2 is 1.85 bits per heavy atom. The predicted molar refractivity (Wildman–Crippen MR) is 82.0 cm³/mol. The van der Waals surface area contributed by atoms with Crippen molar-refractivity contribution in [3.8, 4) is 5.75 Å². The largest absolute Gasteiger partial charge is 0.490 e. The van der Waals surface area contributed by atoms with Crippen molar-refractivity contribution in [1.29, 1.82) is 0 Å². The van der Waals surface area contributed by atoms with Crippen molar-refractivity contribution in [3.63, 3.8) is 0 Å². The van der Waals surface area contributed by atoms with Gasteiger partial charge in [-0.2, -0.15) is 0 Å². The van der Waals surface area contributed by atoms with Crippen molar-refractivity contribution in [2.45, 2.75) is 13.1 Å². The maximum Gasteiger partial charge on any atom is 0.142 e. The molecule has 0 unspecified atom stereocenters. The zero-order valence-corrected chi connectivity index (χ0v) is 11.8. The molecular weight excluding hydrogens is 248 g/mol. The van der Waals surface area contributed by atoms with E-state index in [9.17, 15) is 0 Å². The highest BCUT2D eigenvalue weighted by Gasteiger charge is 2.10. The summed E-state index contributed by atoms with van der Waals surface area (Å²) in [5, 5.41) is 3.38. The minimum atomic E-state index is 0.750. The fourth-order valence-electron chi connectivity index (χ4n) is 2.55. The molecule has 1 N–H and O–H groups in total. The summed E-state index contributed by atoms with van der Waals surface area (Å²) < 4.78 is 5.60. The molecule has 1 aliphatic rings. The highest BCUT2D eigenvalue weighted by Crippen LogP contribution is 2.28. The van der Waals surface area contributed by atoms with Crippen LogP contribution in [0.3, 0.4) is 0 Å². The molecule has 0 fully saturated rings. The topological polar surface area (TPSA) is 24.5 Å². The quantitative estimate of drug-likeness (QED) is 0.922. The van der Waals surface area contributed by atoms with Gasteiger partial charge in [0.15, 0.2) is 0 Å². The fourth-order valence-corrected chi connectivity index (χ4v) is 2.55. The molecule has 104 valence electrons. The first-order valence-corrected chi connectivity index (χ1v) is 7.03. The molecule has 0 saturated heterocycles. The number of nitrogens with zero attached hydrogens (tertiary/aromatic N) is 1. The van der Waals surface area contributed by atoms with Crippen LogP contribution in [-0.4, -0.2) is 25.1 Å². The van der Waals surface area contributed by atoms with Crippen LogP contribution >= 0.6 is 0 Å². The molecule has 3 rings (SSSR count). The first-order valence-electron chi connectivity index (χ1n) is 7.03. The van der Waals surface area contributed by atoms with E-state index >= 15 is 0 Å². The smallest absolute Gasteiger partial charge is 0.142 e. The number of benzene rings is 2. The summed E-state index contributed by atoms with van der Waals surface area (Å²) in [5.41, 5.74) is 3.76. The summed E-state index contributed by atoms with van der Waals surface area (Å²) in [6.45, 7) is 3.53. The highest BCUT2D eigenvalue weighted by atomic mass is 16.5. The third-order valence-corrected chi connectivity index (χ3v) is 3.47. The Morgan fingerprint density at radius 1 is 1.05 bits per heavy atom. The number of nitrogens with one attached hydrogen (secondary N) is 1. The lowest BCUT2D eigenvalue weighted by Crippen LogP contribution is -2.20. The van der Waals surface area contributed by atoms with Gasteiger partial charge < -0.3 is 10.1 Å². The Hall–Kier alpha value is -2.00. The van der Waals surface area contributed by atoms with Gasteiger partial charge >= 0.3 is 0 Å². The zero-order chi connectivity index (χ0) is 13.8. The van der Waals surface area contributed by atoms with Crippen molar-refractivity contribution >= 4 is 5.69 Å². The molecule has 0 atom stereocenters. The Bertz CT molecular complexity index is 568. The third-order valence-electron chi connectivity index (χ3n) is 3.47. The van der Waals surface area contributed by atoms with E-state index in [-0.39, 0.29) is 0 Å². The van der Waals surface area contributed by atoms with Gasteiger partial charge in [0.1, 0.15) is 12.4 Å². The van der Waals surface area contributed by atoms with Gasteiger partial charge in [0.25, 0.3) is 0 Å². The monoisotopic (exact) mass is 268 g/mol. The first kappa shape index (κ1) is 13.0. The third kappa shape index (κ3) is 3.11. The second-order valence-corrected chi connectivity index (χ2v) is 5.26. The average molecular weight is 268 g/mol. The van der Waals surface area contributed by atoms with Gasteiger partial charge in [0, 0.05) is 19.6 Å². The Kier molecular flexibility index (Phi) is 3.88. The molecule has 0 saturated carbocycles. The summed E-state index contributed by atoms with van der Waals surface area (Å²) in [6, 6.07) is 17.0. The van der Waals surface area contributed by atoms with Gasteiger partial charge in [-0.3, -0.25) is 4.90 Å². The molecule has 1 aliphatic heterocycles. The number of anilines is 1. The van der Waals surface area contributed by atoms with Crippen LogP contribution in [0.15, 0.2) is 48.5 Å². The summed E-state index contributed by atoms with van der Waals surface area (Å²) in [5.74, 6) is 0.964. The van der Waals surface area contributed by atoms with Crippen LogP contribution in [0.5, 0.6) is 5.75 Å². The molecule has 0 spiro atoms. The molecule has 0 radical (unpaired) electrons. The van der Waals surface area contributed by atoms with E-state index in [1.165, 1.54) is 11.1 Å². The van der Waals surface area contributed by atoms with E-state index in [0.29, 0.717) is 0 Å². The van der Waals surface area contributed by atoms with E-state index < -0.39 is 0 Å². The molecule has 0 amide bonds. The Balaban J connectivity index is 1.65. The van der Waals surface area contributed by atoms with Crippen LogP contribution in [-0.2, 0) is 13.1 Å². The normalized spacial score (nSPS) is 13.5. The molecule has 20 heavy (non-hydrogen) atoms. The maximum absolute atomic E-state index is 5.60. The molecular formula is C17H20N2O. The molecule has 0 aliphatic carbocycles. The van der Waals surface area contributed by atoms with E-state index in [0.717, 1.165) is 37.7 Å². The molecule has 3 heteroatoms. The van der Waals surface area contributed by atoms with Crippen LogP contribution in [0.25, 0.3) is 0 Å². The van der Waals surface area contributed by atoms with Crippen LogP contribution in [0.1, 0.15) is 11.1 Å². The predicted octanol–water partition coefficient (Wildman–Crippen LogP) is 3.12. The average Bonchev–Trinajstić information content (AvgIpc) is 2.48. The first-order chi connectivity index (χ1) is 9.81. The van der Waals surface area contributed by atoms with Crippen molar-refractivity contribution in [2.75, 3.05) is 25.5 Å². The van der Waals surface area contributed by atoms with Crippen LogP contribution in [0.2, 0.25) is 0 Å². The minimum Gasteiger partial charge on any atom is -0.490 e. The lowest BCUT2D eigenvalue weighted by atomic mass is 10.1. The van der Waals surface area contributed by atoms with E-state index in [1.54, 1.807) is 0 Å². The summed E-state index contributed by atoms with van der Waals surface area (Å²) in [6.07, 6.45) is 0. The summed E-state index contributed by atoms with van der Waals surface area (Å²) >= 11 is 0. The number of ether oxygens (including phenoxy) is 1. The standard InChI is InChI=1S/C17H20N2O/c1-19(12-14-5-3-2-4-6-14)13-15-7-8-17-16(11-15)18-9-10-20-17/h2-8,11,18H,9-10,12-13H2,1H3. The number of rotatable bonds is 4. The molecule has 3 nitrogen and oxygen atoms in total. The molecule has 2 aromatic carbocycles. The van der Waals surface area contributed by atoms with Crippen molar-refractivity contribution in [2.24, 2.45) is 0 Å². The Labute approximate surface area is 120 Å². The minimum absolute atomic E-state index is 0.750. The van der Waals surface area contributed by atoms with Gasteiger partial charge in [-0.25, -0.2) is 0 Å². The number of hydrogen-bond acceptors (Lipinski definition) is 3. The Morgan fingerprint density at radius 3 is 2.70 bits per heavy atom. The SMILES string of the molecule is CN(Cc1ccccc1)Cc1ccc2c(c1)NCCO2. The van der Waals surface area contributed by atoms with Gasteiger partial charge in [0.05, 0.1) is 5.69 Å². The number of fused-ring (bicyclic) bond motifs is 1. The lowest BCUT2D eigenvalue weighted by Gasteiger charge is -2.21. The molecule has 0 bridgehead atoms. The van der Waals surface area contributed by atoms with E-state index in [4.69, 9.17) is 4.74 Å². The second-order valence-electron chi connectivity index (χ2n) is 5.26. The van der Waals surface area contributed by atoms with E-state index in [1.807, 2.05) is 0 Å². The maximum atomic E-state index is 5.60. The summed E-state index contributed by atoms with van der Waals surface area (Å²) in [7, 11) is 2.15. The van der Waals surface area contributed by atoms with Crippen LogP contribution < -0.4 is 10.1 Å². The van der Waals surface area contributed by atoms with Crippen LogP contribution in [0.4, 0.5) is 5.69 Å². The number of hydrogen-bond donors (Lipinski definition) is 1. The molecule has 2 aromatic rings. The van der Waals surface area contributed by atoms with Gasteiger partial charge in [-0.15, -0.1) is 0 Å². The van der Waals surface area contributed by atoms with Crippen molar-refractivity contribution in [3.05, 3.63) is 59.7 Å². The van der Waals surface area contributed by atoms with E-state index in [2.05, 4.69) is 65.8 Å². The zero-order valence-electron chi connectivity index (χ0n) is 11.8. The van der Waals surface area contributed by atoms with Gasteiger partial charge in [-0.05, 0) is 30.3 Å². The van der Waals surface area contributed by atoms with Gasteiger partial charge in [-0.1, -0.05) is 36.4 Å². The highest BCUT2D eigenvalue weighted by molar-refractivity contribution is 5.59. The summed E-state index contributed by atoms with van der Waals surface area (Å²) in [4.78, 5) is 2.32. The second kappa shape index (κ2) is 5.97. The molecule has 1 heterocycles. The fraction of sp³-hybridized carbons (Fsp3) is 0.294. The van der Waals surface area contributed by atoms with Crippen LogP contribution in [0, 0.1) is 0 Å². The van der Waals surface area contributed by atoms with Gasteiger partial charge in [0.2, 0.25) is 0 Å². The van der Waals surface area contributed by atoms with Crippen molar-refractivity contribution < 1.29 is 4.74 Å². The lowest BCUT2D eigenvalue weighted by molar-refractivity contribution is 0.315.